The van der Waals surface area contributed by atoms with Crippen LogP contribution < -0.4 is 32.9 Å². The number of carbonyl (C=O) groups is 3. The summed E-state index contributed by atoms with van der Waals surface area (Å²) in [6.45, 7) is 4.78. The predicted octanol–water partition coefficient (Wildman–Crippen LogP) is 3.46. The van der Waals surface area contributed by atoms with E-state index in [1.807, 2.05) is 77.6 Å². The fourth-order valence-electron chi connectivity index (χ4n) is 4.29. The van der Waals surface area contributed by atoms with E-state index in [0.29, 0.717) is 23.4 Å². The van der Waals surface area contributed by atoms with Crippen molar-refractivity contribution in [1.82, 2.24) is 5.32 Å². The Labute approximate surface area is 265 Å². The summed E-state index contributed by atoms with van der Waals surface area (Å²) in [5.41, 5.74) is 2.83. The van der Waals surface area contributed by atoms with Crippen molar-refractivity contribution in [1.29, 1.82) is 0 Å². The molecule has 1 aromatic heterocycles. The van der Waals surface area contributed by atoms with Crippen molar-refractivity contribution in [3.63, 3.8) is 0 Å². The van der Waals surface area contributed by atoms with Gasteiger partial charge in [-0.25, -0.2) is 14.2 Å². The molecule has 0 bridgehead atoms. The van der Waals surface area contributed by atoms with Gasteiger partial charge in [-0.1, -0.05) is 55.5 Å². The third kappa shape index (κ3) is 10.3. The highest BCUT2D eigenvalue weighted by Gasteiger charge is 2.14. The number of hydrogen-bond donors (Lipinski definition) is 3. The lowest BCUT2D eigenvalue weighted by Gasteiger charge is -2.15. The van der Waals surface area contributed by atoms with Gasteiger partial charge in [-0.2, -0.15) is 0 Å². The van der Waals surface area contributed by atoms with Gasteiger partial charge >= 0.3 is 12.2 Å². The molecule has 3 aromatic carbocycles. The highest BCUT2D eigenvalue weighted by molar-refractivity contribution is 9.10. The number of alkyl carbamates (subject to hydrolysis) is 1. The van der Waals surface area contributed by atoms with Gasteiger partial charge in [0.15, 0.2) is 12.4 Å². The molecule has 9 nitrogen and oxygen atoms in total. The number of benzene rings is 3. The number of rotatable bonds is 11. The first-order chi connectivity index (χ1) is 20.3. The Morgan fingerprint density at radius 3 is 2.42 bits per heavy atom. The van der Waals surface area contributed by atoms with Gasteiger partial charge in [0.25, 0.3) is 5.91 Å². The number of amides is 3. The average Bonchev–Trinajstić information content (AvgIpc) is 2.97. The molecule has 0 saturated carbocycles. The fourth-order valence-corrected chi connectivity index (χ4v) is 4.80. The van der Waals surface area contributed by atoms with E-state index >= 15 is 0 Å². The molecule has 0 saturated heterocycles. The van der Waals surface area contributed by atoms with Crippen LogP contribution >= 0.6 is 15.9 Å². The van der Waals surface area contributed by atoms with E-state index < -0.39 is 18.2 Å². The molecule has 226 valence electrons. The lowest BCUT2D eigenvalue weighted by atomic mass is 10.1. The Morgan fingerprint density at radius 2 is 1.65 bits per heavy atom. The van der Waals surface area contributed by atoms with Crippen LogP contribution in [0.15, 0.2) is 89.7 Å². The van der Waals surface area contributed by atoms with Gasteiger partial charge in [0.05, 0.1) is 22.8 Å². The van der Waals surface area contributed by atoms with Crippen molar-refractivity contribution < 1.29 is 40.8 Å². The molecule has 0 aliphatic heterocycles. The van der Waals surface area contributed by atoms with Gasteiger partial charge in [-0.05, 0) is 58.1 Å². The first kappa shape index (κ1) is 33.4. The van der Waals surface area contributed by atoms with E-state index in [1.54, 1.807) is 19.1 Å². The smallest absolute Gasteiger partial charge is 0.411 e. The summed E-state index contributed by atoms with van der Waals surface area (Å²) in [6.07, 6.45) is 4.04. The highest BCUT2D eigenvalue weighted by Crippen LogP contribution is 2.23. The standard InChI is InChI=1S/C32H33BrN4O5.ClH/c1-3-16-37-19-25(18-26(33)20-37)30(38)35-27-13-11-23(12-14-27)15-17-41-31(39)34-22(2)21-42-32(40)36-29-10-6-8-24-7-4-5-9-28(24)29;/h4-14,18-20,22H,3,15-17,21H2,1-2H3,(H2-,34,35,36,38,39,40);1H. The molecule has 0 aliphatic rings. The number of anilines is 2. The Morgan fingerprint density at radius 1 is 0.907 bits per heavy atom. The number of aryl methyl sites for hydroxylation is 1. The molecule has 4 aromatic rings. The number of hydrogen-bond acceptors (Lipinski definition) is 5. The summed E-state index contributed by atoms with van der Waals surface area (Å²) in [6, 6.07) is 22.1. The molecule has 4 rings (SSSR count). The zero-order valence-electron chi connectivity index (χ0n) is 23.9. The van der Waals surface area contributed by atoms with Crippen molar-refractivity contribution in [2.45, 2.75) is 39.3 Å². The van der Waals surface area contributed by atoms with Crippen molar-refractivity contribution in [3.05, 3.63) is 101 Å². The van der Waals surface area contributed by atoms with Crippen LogP contribution in [0.4, 0.5) is 21.0 Å². The molecule has 1 heterocycles. The zero-order chi connectivity index (χ0) is 29.9. The van der Waals surface area contributed by atoms with Gasteiger partial charge in [0, 0.05) is 23.9 Å². The number of aromatic nitrogens is 1. The minimum absolute atomic E-state index is 0. The number of pyridine rings is 1. The molecular weight excluding hydrogens is 636 g/mol. The molecule has 1 atom stereocenters. The second kappa shape index (κ2) is 16.5. The summed E-state index contributed by atoms with van der Waals surface area (Å²) in [7, 11) is 0. The largest absolute Gasteiger partial charge is 1.00 e. The minimum Gasteiger partial charge on any atom is -1.00 e. The molecule has 0 radical (unpaired) electrons. The Bertz CT molecular complexity index is 1550. The molecule has 0 aliphatic carbocycles. The second-order valence-corrected chi connectivity index (χ2v) is 10.7. The van der Waals surface area contributed by atoms with Gasteiger partial charge in [-0.3, -0.25) is 10.1 Å². The SMILES string of the molecule is CCC[n+]1cc(Br)cc(C(=O)Nc2ccc(CCOC(=O)NC(C)COC(=O)Nc3cccc4ccccc34)cc2)c1.[Cl-]. The van der Waals surface area contributed by atoms with Crippen molar-refractivity contribution in [3.8, 4) is 0 Å². The predicted molar refractivity (Wildman–Crippen MR) is 166 cm³/mol. The summed E-state index contributed by atoms with van der Waals surface area (Å²) >= 11 is 3.46. The van der Waals surface area contributed by atoms with Crippen molar-refractivity contribution in [2.75, 3.05) is 23.8 Å². The van der Waals surface area contributed by atoms with Gasteiger partial charge in [0.1, 0.15) is 18.7 Å². The lowest BCUT2D eigenvalue weighted by Crippen LogP contribution is -3.00. The summed E-state index contributed by atoms with van der Waals surface area (Å²) in [4.78, 5) is 37.2. The number of carbonyl (C=O) groups excluding carboxylic acids is 3. The van der Waals surface area contributed by atoms with Crippen LogP contribution in [-0.2, 0) is 22.4 Å². The Hall–Kier alpha value is -4.15. The molecule has 0 spiro atoms. The summed E-state index contributed by atoms with van der Waals surface area (Å²) in [5, 5.41) is 10.2. The second-order valence-electron chi connectivity index (χ2n) is 9.81. The molecule has 43 heavy (non-hydrogen) atoms. The maximum absolute atomic E-state index is 12.7. The quantitative estimate of drug-likeness (QED) is 0.212. The van der Waals surface area contributed by atoms with Gasteiger partial charge < -0.3 is 32.5 Å². The van der Waals surface area contributed by atoms with Crippen molar-refractivity contribution >= 4 is 56.2 Å². The first-order valence-corrected chi connectivity index (χ1v) is 14.5. The van der Waals surface area contributed by atoms with Crippen molar-refractivity contribution in [2.24, 2.45) is 0 Å². The van der Waals surface area contributed by atoms with Crippen LogP contribution in [0.2, 0.25) is 0 Å². The topological polar surface area (TPSA) is 110 Å². The Kier molecular flexibility index (Phi) is 12.8. The first-order valence-electron chi connectivity index (χ1n) is 13.8. The molecule has 3 amide bonds. The lowest BCUT2D eigenvalue weighted by molar-refractivity contribution is -0.697. The van der Waals surface area contributed by atoms with E-state index in [-0.39, 0.29) is 31.5 Å². The van der Waals surface area contributed by atoms with E-state index in [9.17, 15) is 14.4 Å². The number of nitrogens with one attached hydrogen (secondary N) is 3. The fraction of sp³-hybridized carbons (Fsp3) is 0.250. The summed E-state index contributed by atoms with van der Waals surface area (Å²) in [5.74, 6) is -0.196. The number of nitrogens with zero attached hydrogens (tertiary/aromatic N) is 1. The van der Waals surface area contributed by atoms with Crippen LogP contribution in [0.5, 0.6) is 0 Å². The number of ether oxygens (including phenoxy) is 2. The maximum atomic E-state index is 12.7. The van der Waals surface area contributed by atoms with Crippen LogP contribution in [0.25, 0.3) is 10.8 Å². The van der Waals surface area contributed by atoms with Crippen LogP contribution in [0.1, 0.15) is 36.2 Å². The number of halogens is 2. The van der Waals surface area contributed by atoms with Crippen LogP contribution in [-0.4, -0.2) is 37.3 Å². The van der Waals surface area contributed by atoms with E-state index in [1.165, 1.54) is 0 Å². The van der Waals surface area contributed by atoms with Crippen LogP contribution in [0, 0.1) is 0 Å². The van der Waals surface area contributed by atoms with Gasteiger partial charge in [0.2, 0.25) is 0 Å². The third-order valence-electron chi connectivity index (χ3n) is 6.32. The minimum atomic E-state index is -0.607. The van der Waals surface area contributed by atoms with E-state index in [0.717, 1.165) is 33.8 Å². The van der Waals surface area contributed by atoms with Crippen LogP contribution in [0.3, 0.4) is 0 Å². The number of fused-ring (bicyclic) bond motifs is 1. The van der Waals surface area contributed by atoms with E-state index in [4.69, 9.17) is 9.47 Å². The molecule has 3 N–H and O–H groups in total. The summed E-state index contributed by atoms with van der Waals surface area (Å²) < 4.78 is 13.4. The molecule has 1 unspecified atom stereocenters. The molecule has 0 fully saturated rings. The third-order valence-corrected chi connectivity index (χ3v) is 6.76. The van der Waals surface area contributed by atoms with E-state index in [2.05, 4.69) is 38.8 Å². The zero-order valence-corrected chi connectivity index (χ0v) is 26.3. The van der Waals surface area contributed by atoms with Gasteiger partial charge in [-0.15, -0.1) is 0 Å². The average molecular weight is 670 g/mol. The normalized spacial score (nSPS) is 11.1. The maximum Gasteiger partial charge on any atom is 0.411 e. The monoisotopic (exact) mass is 668 g/mol. The molecular formula is C32H34BrClN4O5. The highest BCUT2D eigenvalue weighted by atomic mass is 79.9. The Balaban J connectivity index is 0.00000506. The molecule has 11 heteroatoms.